The average molecular weight is 320 g/mol. The minimum absolute atomic E-state index is 0.0329. The number of esters is 1. The molecule has 2 unspecified atom stereocenters. The van der Waals surface area contributed by atoms with Gasteiger partial charge in [0, 0.05) is 25.6 Å². The van der Waals surface area contributed by atoms with Crippen molar-refractivity contribution in [2.45, 2.75) is 25.5 Å². The number of carbonyl (C=O) groups excluding carboxylic acids is 2. The first-order chi connectivity index (χ1) is 11.1. The largest absolute Gasteiger partial charge is 0.468 e. The highest BCUT2D eigenvalue weighted by Gasteiger charge is 2.27. The first-order valence-electron chi connectivity index (χ1n) is 7.84. The molecule has 1 fully saturated rings. The molecule has 23 heavy (non-hydrogen) atoms. The zero-order valence-electron chi connectivity index (χ0n) is 13.7. The van der Waals surface area contributed by atoms with Crippen LogP contribution in [0.1, 0.15) is 25.0 Å². The van der Waals surface area contributed by atoms with Crippen LogP contribution in [0.15, 0.2) is 30.3 Å². The molecule has 2 atom stereocenters. The Morgan fingerprint density at radius 1 is 1.35 bits per heavy atom. The minimum Gasteiger partial charge on any atom is -0.468 e. The van der Waals surface area contributed by atoms with Gasteiger partial charge in [0.25, 0.3) is 0 Å². The van der Waals surface area contributed by atoms with E-state index in [1.807, 2.05) is 18.2 Å². The second-order valence-electron chi connectivity index (χ2n) is 5.68. The summed E-state index contributed by atoms with van der Waals surface area (Å²) in [6.07, 6.45) is 0.383. The molecule has 0 spiro atoms. The Kier molecular flexibility index (Phi) is 6.55. The summed E-state index contributed by atoms with van der Waals surface area (Å²) < 4.78 is 10.4. The fraction of sp³-hybridized carbons (Fsp3) is 0.529. The number of amides is 1. The van der Waals surface area contributed by atoms with Gasteiger partial charge in [0.15, 0.2) is 0 Å². The van der Waals surface area contributed by atoms with Crippen molar-refractivity contribution < 1.29 is 19.1 Å². The van der Waals surface area contributed by atoms with Gasteiger partial charge >= 0.3 is 5.97 Å². The van der Waals surface area contributed by atoms with Gasteiger partial charge in [-0.1, -0.05) is 30.3 Å². The molecule has 126 valence electrons. The normalized spacial score (nSPS) is 21.7. The van der Waals surface area contributed by atoms with Crippen LogP contribution in [0.3, 0.4) is 0 Å². The van der Waals surface area contributed by atoms with Crippen molar-refractivity contribution in [2.24, 2.45) is 0 Å². The van der Waals surface area contributed by atoms with Crippen LogP contribution in [-0.4, -0.2) is 56.2 Å². The molecule has 0 aromatic heterocycles. The maximum Gasteiger partial charge on any atom is 0.325 e. The molecule has 0 saturated carbocycles. The van der Waals surface area contributed by atoms with Crippen molar-refractivity contribution in [3.8, 4) is 0 Å². The van der Waals surface area contributed by atoms with Gasteiger partial charge in [0.05, 0.1) is 19.8 Å². The maximum atomic E-state index is 11.8. The number of rotatable bonds is 6. The van der Waals surface area contributed by atoms with E-state index in [0.29, 0.717) is 19.6 Å². The number of nitrogens with zero attached hydrogens (tertiary/aromatic N) is 1. The summed E-state index contributed by atoms with van der Waals surface area (Å²) >= 11 is 0. The van der Waals surface area contributed by atoms with Gasteiger partial charge in [-0.2, -0.15) is 0 Å². The molecule has 1 aromatic carbocycles. The molecule has 0 radical (unpaired) electrons. The van der Waals surface area contributed by atoms with Crippen molar-refractivity contribution in [1.82, 2.24) is 10.2 Å². The second-order valence-corrected chi connectivity index (χ2v) is 5.68. The third kappa shape index (κ3) is 5.33. The fourth-order valence-electron chi connectivity index (χ4n) is 2.56. The summed E-state index contributed by atoms with van der Waals surface area (Å²) in [4.78, 5) is 25.0. The molecule has 6 nitrogen and oxygen atoms in total. The molecule has 1 aliphatic heterocycles. The Morgan fingerprint density at radius 2 is 2.09 bits per heavy atom. The number of hydrogen-bond donors (Lipinski definition) is 1. The van der Waals surface area contributed by atoms with Crippen LogP contribution in [0.4, 0.5) is 0 Å². The monoisotopic (exact) mass is 320 g/mol. The van der Waals surface area contributed by atoms with Crippen LogP contribution >= 0.6 is 0 Å². The van der Waals surface area contributed by atoms with Gasteiger partial charge in [-0.3, -0.25) is 14.5 Å². The lowest BCUT2D eigenvalue weighted by atomic mass is 10.1. The van der Waals surface area contributed by atoms with Gasteiger partial charge in [-0.15, -0.1) is 0 Å². The van der Waals surface area contributed by atoms with Crippen LogP contribution < -0.4 is 5.32 Å². The minimum atomic E-state index is -0.442. The van der Waals surface area contributed by atoms with E-state index in [9.17, 15) is 9.59 Å². The van der Waals surface area contributed by atoms with Gasteiger partial charge < -0.3 is 14.8 Å². The lowest BCUT2D eigenvalue weighted by Crippen LogP contribution is -2.46. The van der Waals surface area contributed by atoms with Crippen molar-refractivity contribution in [3.63, 3.8) is 0 Å². The number of methoxy groups -OCH3 is 1. The van der Waals surface area contributed by atoms with Gasteiger partial charge in [0.2, 0.25) is 5.91 Å². The molecule has 0 bridgehead atoms. The quantitative estimate of drug-likeness (QED) is 0.796. The molecule has 1 heterocycles. The lowest BCUT2D eigenvalue weighted by molar-refractivity contribution is -0.141. The predicted octanol–water partition coefficient (Wildman–Crippen LogP) is 1.13. The van der Waals surface area contributed by atoms with Gasteiger partial charge in [-0.05, 0) is 12.5 Å². The summed E-state index contributed by atoms with van der Waals surface area (Å²) in [6, 6.07) is 10.4. The molecular formula is C17H24N2O4. The fourth-order valence-corrected chi connectivity index (χ4v) is 2.56. The first-order valence-corrected chi connectivity index (χ1v) is 7.84. The summed E-state index contributed by atoms with van der Waals surface area (Å²) in [5, 5.41) is 2.56. The van der Waals surface area contributed by atoms with Crippen LogP contribution in [0.25, 0.3) is 0 Å². The van der Waals surface area contributed by atoms with Crippen LogP contribution in [0.2, 0.25) is 0 Å². The van der Waals surface area contributed by atoms with Gasteiger partial charge in [-0.25, -0.2) is 0 Å². The molecule has 1 aromatic rings. The standard InChI is InChI=1S/C17H24N2O4/c1-13-12-23-15(14-6-4-3-5-7-14)11-19(13)9-8-16(20)18-10-17(21)22-2/h3-7,13,15H,8-12H2,1-2H3,(H,18,20). The zero-order chi connectivity index (χ0) is 16.7. The van der Waals surface area contributed by atoms with Crippen LogP contribution in [0.5, 0.6) is 0 Å². The van der Waals surface area contributed by atoms with E-state index in [0.717, 1.165) is 12.1 Å². The van der Waals surface area contributed by atoms with Crippen LogP contribution in [0, 0.1) is 0 Å². The molecule has 1 saturated heterocycles. The number of hydrogen-bond acceptors (Lipinski definition) is 5. The third-order valence-electron chi connectivity index (χ3n) is 4.02. The molecular weight excluding hydrogens is 296 g/mol. The average Bonchev–Trinajstić information content (AvgIpc) is 2.59. The Hall–Kier alpha value is -1.92. The maximum absolute atomic E-state index is 11.8. The molecule has 1 amide bonds. The molecule has 1 N–H and O–H groups in total. The highest BCUT2D eigenvalue weighted by atomic mass is 16.5. The Balaban J connectivity index is 1.81. The third-order valence-corrected chi connectivity index (χ3v) is 4.02. The highest BCUT2D eigenvalue weighted by Crippen LogP contribution is 2.24. The van der Waals surface area contributed by atoms with E-state index in [4.69, 9.17) is 4.74 Å². The number of carbonyl (C=O) groups is 2. The van der Waals surface area contributed by atoms with E-state index in [1.54, 1.807) is 0 Å². The number of nitrogens with one attached hydrogen (secondary N) is 1. The summed E-state index contributed by atoms with van der Waals surface area (Å²) in [5.74, 6) is -0.590. The van der Waals surface area contributed by atoms with Crippen molar-refractivity contribution in [3.05, 3.63) is 35.9 Å². The number of benzene rings is 1. The van der Waals surface area contributed by atoms with Crippen molar-refractivity contribution in [1.29, 1.82) is 0 Å². The molecule has 2 rings (SSSR count). The molecule has 0 aliphatic carbocycles. The van der Waals surface area contributed by atoms with Crippen molar-refractivity contribution >= 4 is 11.9 Å². The van der Waals surface area contributed by atoms with E-state index in [1.165, 1.54) is 7.11 Å². The Labute approximate surface area is 136 Å². The highest BCUT2D eigenvalue weighted by molar-refractivity contribution is 5.81. The van der Waals surface area contributed by atoms with E-state index < -0.39 is 5.97 Å². The smallest absolute Gasteiger partial charge is 0.325 e. The summed E-state index contributed by atoms with van der Waals surface area (Å²) in [5.41, 5.74) is 1.15. The predicted molar refractivity (Wildman–Crippen MR) is 85.8 cm³/mol. The topological polar surface area (TPSA) is 67.9 Å². The molecule has 1 aliphatic rings. The van der Waals surface area contributed by atoms with Crippen LogP contribution in [-0.2, 0) is 19.1 Å². The Morgan fingerprint density at radius 3 is 2.78 bits per heavy atom. The second kappa shape index (κ2) is 8.64. The Bertz CT molecular complexity index is 521. The number of morpholine rings is 1. The lowest BCUT2D eigenvalue weighted by Gasteiger charge is -2.38. The van der Waals surface area contributed by atoms with E-state index >= 15 is 0 Å². The van der Waals surface area contributed by atoms with E-state index in [-0.39, 0.29) is 24.6 Å². The van der Waals surface area contributed by atoms with E-state index in [2.05, 4.69) is 34.0 Å². The summed E-state index contributed by atoms with van der Waals surface area (Å²) in [6.45, 7) is 4.05. The SMILES string of the molecule is COC(=O)CNC(=O)CCN1CC(c2ccccc2)OCC1C. The summed E-state index contributed by atoms with van der Waals surface area (Å²) in [7, 11) is 1.30. The molecule has 6 heteroatoms. The zero-order valence-corrected chi connectivity index (χ0v) is 13.7. The van der Waals surface area contributed by atoms with Crippen molar-refractivity contribution in [2.75, 3.05) is 33.4 Å². The van der Waals surface area contributed by atoms with Gasteiger partial charge in [0.1, 0.15) is 6.54 Å². The first kappa shape index (κ1) is 17.4. The number of ether oxygens (including phenoxy) is 2.